The molecule has 0 saturated heterocycles. The van der Waals surface area contributed by atoms with Gasteiger partial charge in [-0.1, -0.05) is 26.7 Å². The van der Waals surface area contributed by atoms with E-state index in [-0.39, 0.29) is 5.54 Å². The van der Waals surface area contributed by atoms with Crippen LogP contribution >= 0.6 is 11.3 Å². The topological polar surface area (TPSA) is 38.9 Å². The van der Waals surface area contributed by atoms with Crippen LogP contribution in [0.3, 0.4) is 0 Å². The maximum Gasteiger partial charge on any atom is 0.0943 e. The summed E-state index contributed by atoms with van der Waals surface area (Å²) >= 11 is 1.74. The second-order valence-electron chi connectivity index (χ2n) is 6.06. The molecule has 1 aliphatic rings. The van der Waals surface area contributed by atoms with Crippen LogP contribution < -0.4 is 5.73 Å². The third kappa shape index (κ3) is 3.78. The molecule has 0 spiro atoms. The van der Waals surface area contributed by atoms with Crippen molar-refractivity contribution in [3.63, 3.8) is 0 Å². The summed E-state index contributed by atoms with van der Waals surface area (Å²) < 4.78 is 0. The summed E-state index contributed by atoms with van der Waals surface area (Å²) in [5.41, 5.74) is 6.59. The van der Waals surface area contributed by atoms with Crippen molar-refractivity contribution >= 4 is 11.3 Å². The van der Waals surface area contributed by atoms with E-state index in [9.17, 15) is 0 Å². The Morgan fingerprint density at radius 3 is 3.06 bits per heavy atom. The summed E-state index contributed by atoms with van der Waals surface area (Å²) in [4.78, 5) is 4.38. The average Bonchev–Trinajstić information content (AvgIpc) is 2.68. The summed E-state index contributed by atoms with van der Waals surface area (Å²) in [6.07, 6.45) is 9.20. The number of rotatable bonds is 4. The van der Waals surface area contributed by atoms with Crippen LogP contribution in [-0.4, -0.2) is 10.5 Å². The molecule has 2 atom stereocenters. The smallest absolute Gasteiger partial charge is 0.0943 e. The molecule has 1 aromatic heterocycles. The normalized spacial score (nSPS) is 29.8. The van der Waals surface area contributed by atoms with Gasteiger partial charge in [0.05, 0.1) is 5.01 Å². The summed E-state index contributed by atoms with van der Waals surface area (Å²) in [5, 5.41) is 3.25. The van der Waals surface area contributed by atoms with E-state index < -0.39 is 0 Å². The largest absolute Gasteiger partial charge is 0.325 e. The van der Waals surface area contributed by atoms with E-state index in [1.165, 1.54) is 37.1 Å². The summed E-state index contributed by atoms with van der Waals surface area (Å²) in [6, 6.07) is 0. The van der Waals surface area contributed by atoms with Crippen molar-refractivity contribution in [2.24, 2.45) is 17.6 Å². The molecule has 2 N–H and O–H groups in total. The van der Waals surface area contributed by atoms with E-state index in [2.05, 4.69) is 18.8 Å². The van der Waals surface area contributed by atoms with Crippen molar-refractivity contribution < 1.29 is 0 Å². The number of aromatic nitrogens is 1. The Bertz CT molecular complexity index is 334. The number of hydrogen-bond donors (Lipinski definition) is 1. The number of nitrogens with zero attached hydrogens (tertiary/aromatic N) is 1. The molecule has 0 amide bonds. The fourth-order valence-corrected chi connectivity index (χ4v) is 3.96. The maximum absolute atomic E-state index is 6.58. The first-order valence-electron chi connectivity index (χ1n) is 6.75. The average molecular weight is 252 g/mol. The monoisotopic (exact) mass is 252 g/mol. The molecule has 1 heterocycles. The van der Waals surface area contributed by atoms with Crippen LogP contribution in [0, 0.1) is 11.8 Å². The van der Waals surface area contributed by atoms with Crippen LogP contribution in [0.15, 0.2) is 11.6 Å². The Labute approximate surface area is 109 Å². The van der Waals surface area contributed by atoms with Crippen LogP contribution in [0.1, 0.15) is 51.0 Å². The van der Waals surface area contributed by atoms with Crippen molar-refractivity contribution in [1.29, 1.82) is 0 Å². The molecule has 0 aromatic carbocycles. The van der Waals surface area contributed by atoms with Gasteiger partial charge in [0.1, 0.15) is 0 Å². The highest BCUT2D eigenvalue weighted by atomic mass is 32.1. The molecule has 2 rings (SSSR count). The molecule has 0 bridgehead atoms. The van der Waals surface area contributed by atoms with E-state index in [0.717, 1.165) is 18.3 Å². The van der Waals surface area contributed by atoms with Crippen molar-refractivity contribution in [2.45, 2.75) is 57.9 Å². The van der Waals surface area contributed by atoms with Gasteiger partial charge in [-0.05, 0) is 31.1 Å². The molecule has 0 radical (unpaired) electrons. The van der Waals surface area contributed by atoms with Crippen molar-refractivity contribution in [3.8, 4) is 0 Å². The van der Waals surface area contributed by atoms with Crippen LogP contribution in [0.25, 0.3) is 0 Å². The van der Waals surface area contributed by atoms with E-state index in [1.807, 2.05) is 11.6 Å². The fourth-order valence-electron chi connectivity index (χ4n) is 3.19. The molecule has 0 aliphatic heterocycles. The van der Waals surface area contributed by atoms with Gasteiger partial charge < -0.3 is 5.73 Å². The lowest BCUT2D eigenvalue weighted by molar-refractivity contribution is 0.200. The molecule has 2 nitrogen and oxygen atoms in total. The van der Waals surface area contributed by atoms with Crippen LogP contribution in [0.5, 0.6) is 0 Å². The van der Waals surface area contributed by atoms with E-state index in [4.69, 9.17) is 5.73 Å². The van der Waals surface area contributed by atoms with Gasteiger partial charge >= 0.3 is 0 Å². The van der Waals surface area contributed by atoms with Gasteiger partial charge in [0.25, 0.3) is 0 Å². The minimum atomic E-state index is 0.00958. The van der Waals surface area contributed by atoms with Gasteiger partial charge in [0.15, 0.2) is 0 Å². The molecular formula is C14H24N2S. The third-order valence-electron chi connectivity index (χ3n) is 3.77. The predicted octanol–water partition coefficient (Wildman–Crippen LogP) is 3.62. The molecule has 2 unspecified atom stereocenters. The number of nitrogens with two attached hydrogens (primary N) is 1. The number of hydrogen-bond acceptors (Lipinski definition) is 3. The van der Waals surface area contributed by atoms with Gasteiger partial charge in [0.2, 0.25) is 0 Å². The van der Waals surface area contributed by atoms with Crippen molar-refractivity contribution in [2.75, 3.05) is 0 Å². The van der Waals surface area contributed by atoms with Gasteiger partial charge in [-0.2, -0.15) is 0 Å². The molecule has 1 aromatic rings. The summed E-state index contributed by atoms with van der Waals surface area (Å²) in [6.45, 7) is 4.63. The first-order chi connectivity index (χ1) is 8.07. The first kappa shape index (κ1) is 13.0. The summed E-state index contributed by atoms with van der Waals surface area (Å²) in [5.74, 6) is 1.62. The molecular weight excluding hydrogens is 228 g/mol. The van der Waals surface area contributed by atoms with Gasteiger partial charge in [-0.25, -0.2) is 4.98 Å². The van der Waals surface area contributed by atoms with Crippen LogP contribution in [-0.2, 0) is 6.42 Å². The Balaban J connectivity index is 1.94. The molecule has 1 aliphatic carbocycles. The zero-order valence-corrected chi connectivity index (χ0v) is 11.8. The third-order valence-corrected chi connectivity index (χ3v) is 4.55. The second-order valence-corrected chi connectivity index (χ2v) is 7.04. The fraction of sp³-hybridized carbons (Fsp3) is 0.786. The van der Waals surface area contributed by atoms with Gasteiger partial charge in [-0.3, -0.25) is 0 Å². The molecule has 1 fully saturated rings. The lowest BCUT2D eigenvalue weighted by atomic mass is 9.72. The SMILES string of the molecule is CC(C)CC1CCCC(N)(Cc2nccs2)C1. The zero-order chi connectivity index (χ0) is 12.3. The molecule has 17 heavy (non-hydrogen) atoms. The minimum absolute atomic E-state index is 0.00958. The Kier molecular flexibility index (Phi) is 4.21. The summed E-state index contributed by atoms with van der Waals surface area (Å²) in [7, 11) is 0. The Hall–Kier alpha value is -0.410. The molecule has 3 heteroatoms. The highest BCUT2D eigenvalue weighted by Crippen LogP contribution is 2.36. The van der Waals surface area contributed by atoms with Crippen LogP contribution in [0.2, 0.25) is 0 Å². The molecule has 1 saturated carbocycles. The molecule has 96 valence electrons. The number of thiazole rings is 1. The lowest BCUT2D eigenvalue weighted by Gasteiger charge is -2.38. The zero-order valence-electron chi connectivity index (χ0n) is 11.0. The maximum atomic E-state index is 6.58. The van der Waals surface area contributed by atoms with Crippen molar-refractivity contribution in [3.05, 3.63) is 16.6 Å². The van der Waals surface area contributed by atoms with Crippen molar-refractivity contribution in [1.82, 2.24) is 4.98 Å². The first-order valence-corrected chi connectivity index (χ1v) is 7.63. The minimum Gasteiger partial charge on any atom is -0.325 e. The highest BCUT2D eigenvalue weighted by Gasteiger charge is 2.33. The van der Waals surface area contributed by atoms with E-state index >= 15 is 0 Å². The quantitative estimate of drug-likeness (QED) is 0.889. The van der Waals surface area contributed by atoms with Crippen LogP contribution in [0.4, 0.5) is 0 Å². The Morgan fingerprint density at radius 2 is 2.41 bits per heavy atom. The Morgan fingerprint density at radius 1 is 1.59 bits per heavy atom. The van der Waals surface area contributed by atoms with Gasteiger partial charge in [0, 0.05) is 23.5 Å². The lowest BCUT2D eigenvalue weighted by Crippen LogP contribution is -2.46. The second kappa shape index (κ2) is 5.49. The van der Waals surface area contributed by atoms with Gasteiger partial charge in [-0.15, -0.1) is 11.3 Å². The standard InChI is InChI=1S/C14H24N2S/c1-11(2)8-12-4-3-5-14(15,9-12)10-13-16-6-7-17-13/h6-7,11-12H,3-5,8-10,15H2,1-2H3. The van der Waals surface area contributed by atoms with E-state index in [0.29, 0.717) is 0 Å². The predicted molar refractivity (Wildman–Crippen MR) is 74.1 cm³/mol. The van der Waals surface area contributed by atoms with E-state index in [1.54, 1.807) is 11.3 Å². The highest BCUT2D eigenvalue weighted by molar-refractivity contribution is 7.09.